The van der Waals surface area contributed by atoms with E-state index in [0.29, 0.717) is 6.61 Å². The van der Waals surface area contributed by atoms with E-state index in [1.54, 1.807) is 0 Å². The van der Waals surface area contributed by atoms with Gasteiger partial charge in [0.15, 0.2) is 0 Å². The second kappa shape index (κ2) is 3.19. The molecule has 1 aliphatic heterocycles. The Morgan fingerprint density at radius 3 is 2.86 bits per heavy atom. The summed E-state index contributed by atoms with van der Waals surface area (Å²) in [5.74, 6) is 0.856. The third-order valence-electron chi connectivity index (χ3n) is 2.34. The van der Waals surface area contributed by atoms with Gasteiger partial charge >= 0.3 is 0 Å². The van der Waals surface area contributed by atoms with Gasteiger partial charge in [0, 0.05) is 5.56 Å². The summed E-state index contributed by atoms with van der Waals surface area (Å²) < 4.78 is 5.51. The Morgan fingerprint density at radius 1 is 1.36 bits per heavy atom. The van der Waals surface area contributed by atoms with Gasteiger partial charge in [-0.2, -0.15) is 5.26 Å². The van der Waals surface area contributed by atoms with Crippen LogP contribution in [0.5, 0.6) is 5.75 Å². The zero-order valence-electron chi connectivity index (χ0n) is 8.29. The van der Waals surface area contributed by atoms with Gasteiger partial charge in [-0.05, 0) is 37.1 Å². The highest BCUT2D eigenvalue weighted by atomic mass is 16.5. The molecule has 1 aromatic rings. The minimum Gasteiger partial charge on any atom is -0.489 e. The Morgan fingerprint density at radius 2 is 2.14 bits per heavy atom. The topological polar surface area (TPSA) is 33.0 Å². The zero-order chi connectivity index (χ0) is 10.1. The number of ether oxygens (including phenoxy) is 1. The standard InChI is InChI=1S/C12H11NO/c1-8-5-9(2)12-11(6-8)10(7-13)3-4-14-12/h3,5-6H,4H2,1-2H3. The highest BCUT2D eigenvalue weighted by Crippen LogP contribution is 2.33. The second-order valence-corrected chi connectivity index (χ2v) is 3.50. The van der Waals surface area contributed by atoms with Gasteiger partial charge in [0.25, 0.3) is 0 Å². The molecule has 0 bridgehead atoms. The summed E-state index contributed by atoms with van der Waals surface area (Å²) in [6, 6.07) is 6.26. The van der Waals surface area contributed by atoms with E-state index in [0.717, 1.165) is 28.0 Å². The fourth-order valence-electron chi connectivity index (χ4n) is 1.77. The first kappa shape index (κ1) is 8.83. The average Bonchev–Trinajstić information content (AvgIpc) is 2.17. The maximum atomic E-state index is 8.95. The lowest BCUT2D eigenvalue weighted by Crippen LogP contribution is -2.05. The molecule has 1 aromatic carbocycles. The molecule has 0 atom stereocenters. The largest absolute Gasteiger partial charge is 0.489 e. The molecule has 1 heterocycles. The van der Waals surface area contributed by atoms with Crippen molar-refractivity contribution in [1.29, 1.82) is 5.26 Å². The average molecular weight is 185 g/mol. The van der Waals surface area contributed by atoms with E-state index in [1.165, 1.54) is 0 Å². The number of hydrogen-bond donors (Lipinski definition) is 0. The summed E-state index contributed by atoms with van der Waals surface area (Å²) in [5.41, 5.74) is 3.91. The first-order chi connectivity index (χ1) is 6.72. The number of nitriles is 1. The van der Waals surface area contributed by atoms with Crippen LogP contribution in [0.3, 0.4) is 0 Å². The van der Waals surface area contributed by atoms with Gasteiger partial charge in [-0.15, -0.1) is 0 Å². The van der Waals surface area contributed by atoms with Gasteiger partial charge < -0.3 is 4.74 Å². The lowest BCUT2D eigenvalue weighted by atomic mass is 9.98. The highest BCUT2D eigenvalue weighted by Gasteiger charge is 2.15. The fraction of sp³-hybridized carbons (Fsp3) is 0.250. The third-order valence-corrected chi connectivity index (χ3v) is 2.34. The van der Waals surface area contributed by atoms with Crippen LogP contribution in [0.15, 0.2) is 18.2 Å². The molecule has 0 saturated heterocycles. The first-order valence-corrected chi connectivity index (χ1v) is 4.57. The Bertz CT molecular complexity index is 452. The van der Waals surface area contributed by atoms with Crippen molar-refractivity contribution < 1.29 is 4.74 Å². The van der Waals surface area contributed by atoms with Crippen molar-refractivity contribution in [2.24, 2.45) is 0 Å². The number of fused-ring (bicyclic) bond motifs is 1. The molecule has 1 aliphatic rings. The summed E-state index contributed by atoms with van der Waals surface area (Å²) in [6.45, 7) is 4.53. The van der Waals surface area contributed by atoms with Crippen molar-refractivity contribution in [2.45, 2.75) is 13.8 Å². The smallest absolute Gasteiger partial charge is 0.131 e. The van der Waals surface area contributed by atoms with Crippen molar-refractivity contribution in [2.75, 3.05) is 6.61 Å². The maximum absolute atomic E-state index is 8.95. The van der Waals surface area contributed by atoms with E-state index in [1.807, 2.05) is 26.0 Å². The summed E-state index contributed by atoms with van der Waals surface area (Å²) in [7, 11) is 0. The van der Waals surface area contributed by atoms with Crippen molar-refractivity contribution in [3.63, 3.8) is 0 Å². The molecule has 0 amide bonds. The van der Waals surface area contributed by atoms with Gasteiger partial charge in [0.05, 0.1) is 11.6 Å². The van der Waals surface area contributed by atoms with Crippen molar-refractivity contribution in [3.05, 3.63) is 34.9 Å². The summed E-state index contributed by atoms with van der Waals surface area (Å²) in [4.78, 5) is 0. The molecule has 0 fully saturated rings. The quantitative estimate of drug-likeness (QED) is 0.622. The van der Waals surface area contributed by atoms with Gasteiger partial charge in [-0.3, -0.25) is 0 Å². The summed E-state index contributed by atoms with van der Waals surface area (Å²) in [5, 5.41) is 8.95. The molecule has 2 rings (SSSR count). The number of nitrogens with zero attached hydrogens (tertiary/aromatic N) is 1. The van der Waals surface area contributed by atoms with Crippen LogP contribution in [-0.2, 0) is 0 Å². The van der Waals surface area contributed by atoms with Crippen LogP contribution >= 0.6 is 0 Å². The predicted octanol–water partition coefficient (Wildman–Crippen LogP) is 2.60. The van der Waals surface area contributed by atoms with E-state index in [2.05, 4.69) is 12.1 Å². The number of aryl methyl sites for hydroxylation is 2. The number of hydrogen-bond acceptors (Lipinski definition) is 2. The van der Waals surface area contributed by atoms with Crippen LogP contribution in [0.2, 0.25) is 0 Å². The lowest BCUT2D eigenvalue weighted by Gasteiger charge is -2.17. The van der Waals surface area contributed by atoms with E-state index >= 15 is 0 Å². The van der Waals surface area contributed by atoms with Crippen LogP contribution in [0.4, 0.5) is 0 Å². The van der Waals surface area contributed by atoms with Crippen molar-refractivity contribution in [3.8, 4) is 11.8 Å². The molecule has 2 heteroatoms. The Balaban J connectivity index is 2.67. The molecule has 0 saturated carbocycles. The van der Waals surface area contributed by atoms with E-state index in [4.69, 9.17) is 10.00 Å². The number of benzene rings is 1. The molecule has 2 nitrogen and oxygen atoms in total. The number of rotatable bonds is 0. The Hall–Kier alpha value is -1.75. The van der Waals surface area contributed by atoms with Crippen LogP contribution in [0.1, 0.15) is 16.7 Å². The minimum absolute atomic E-state index is 0.500. The zero-order valence-corrected chi connectivity index (χ0v) is 8.29. The molecule has 0 N–H and O–H groups in total. The van der Waals surface area contributed by atoms with Gasteiger partial charge in [-0.25, -0.2) is 0 Å². The Kier molecular flexibility index (Phi) is 2.01. The van der Waals surface area contributed by atoms with Crippen molar-refractivity contribution >= 4 is 5.57 Å². The van der Waals surface area contributed by atoms with Crippen LogP contribution in [-0.4, -0.2) is 6.61 Å². The summed E-state index contributed by atoms with van der Waals surface area (Å²) >= 11 is 0. The highest BCUT2D eigenvalue weighted by molar-refractivity contribution is 5.82. The van der Waals surface area contributed by atoms with E-state index in [9.17, 15) is 0 Å². The SMILES string of the molecule is Cc1cc(C)c2c(c1)C(C#N)=CCO2. The molecule has 14 heavy (non-hydrogen) atoms. The van der Waals surface area contributed by atoms with Gasteiger partial charge in [-0.1, -0.05) is 6.07 Å². The molecule has 0 spiro atoms. The molecular weight excluding hydrogens is 174 g/mol. The molecule has 0 aliphatic carbocycles. The minimum atomic E-state index is 0.500. The van der Waals surface area contributed by atoms with Gasteiger partial charge in [0.2, 0.25) is 0 Å². The molecule has 0 aromatic heterocycles. The van der Waals surface area contributed by atoms with Gasteiger partial charge in [0.1, 0.15) is 12.4 Å². The molecular formula is C12H11NO. The van der Waals surface area contributed by atoms with E-state index in [-0.39, 0.29) is 0 Å². The molecule has 0 unspecified atom stereocenters. The van der Waals surface area contributed by atoms with Crippen LogP contribution in [0, 0.1) is 25.2 Å². The van der Waals surface area contributed by atoms with Crippen LogP contribution in [0.25, 0.3) is 5.57 Å². The Labute approximate surface area is 83.4 Å². The maximum Gasteiger partial charge on any atom is 0.131 e. The molecule has 0 radical (unpaired) electrons. The van der Waals surface area contributed by atoms with Crippen molar-refractivity contribution in [1.82, 2.24) is 0 Å². The first-order valence-electron chi connectivity index (χ1n) is 4.57. The summed E-state index contributed by atoms with van der Waals surface area (Å²) in [6.07, 6.45) is 1.82. The number of allylic oxidation sites excluding steroid dienone is 1. The predicted molar refractivity (Wildman–Crippen MR) is 55.0 cm³/mol. The second-order valence-electron chi connectivity index (χ2n) is 3.50. The third kappa shape index (κ3) is 1.27. The van der Waals surface area contributed by atoms with E-state index < -0.39 is 0 Å². The lowest BCUT2D eigenvalue weighted by molar-refractivity contribution is 0.355. The fourth-order valence-corrected chi connectivity index (χ4v) is 1.77. The normalized spacial score (nSPS) is 13.6. The molecule has 70 valence electrons. The monoisotopic (exact) mass is 185 g/mol. The van der Waals surface area contributed by atoms with Crippen LogP contribution < -0.4 is 4.74 Å².